The molecule has 1 atom stereocenters. The molecule has 5 heteroatoms. The number of rotatable bonds is 4. The number of benzene rings is 1. The monoisotopic (exact) mass is 282 g/mol. The van der Waals surface area contributed by atoms with Crippen LogP contribution in [-0.4, -0.2) is 22.2 Å². The van der Waals surface area contributed by atoms with Crippen LogP contribution in [0.1, 0.15) is 30.8 Å². The van der Waals surface area contributed by atoms with E-state index in [9.17, 15) is 0 Å². The van der Waals surface area contributed by atoms with Gasteiger partial charge in [0.1, 0.15) is 5.69 Å². The summed E-state index contributed by atoms with van der Waals surface area (Å²) in [5.41, 5.74) is 2.84. The third-order valence-corrected chi connectivity index (χ3v) is 3.65. The quantitative estimate of drug-likeness (QED) is 0.795. The van der Waals surface area contributed by atoms with Gasteiger partial charge in [-0.1, -0.05) is 30.3 Å². The number of nitrogens with zero attached hydrogens (tertiary/aromatic N) is 3. The van der Waals surface area contributed by atoms with Crippen LogP contribution in [-0.2, 0) is 0 Å². The SMILES string of the molecule is CCC(NC)c1nc(-c2cc(C)c3ccccc3n2)no1. The van der Waals surface area contributed by atoms with E-state index in [1.54, 1.807) is 0 Å². The maximum Gasteiger partial charge on any atom is 0.244 e. The van der Waals surface area contributed by atoms with Gasteiger partial charge in [-0.05, 0) is 38.1 Å². The average molecular weight is 282 g/mol. The van der Waals surface area contributed by atoms with E-state index in [0.29, 0.717) is 11.7 Å². The fourth-order valence-corrected chi connectivity index (χ4v) is 2.45. The number of para-hydroxylation sites is 1. The van der Waals surface area contributed by atoms with Crippen LogP contribution in [0.25, 0.3) is 22.4 Å². The van der Waals surface area contributed by atoms with Gasteiger partial charge in [0, 0.05) is 5.39 Å². The van der Waals surface area contributed by atoms with E-state index in [0.717, 1.165) is 28.6 Å². The minimum atomic E-state index is 0.0767. The van der Waals surface area contributed by atoms with Gasteiger partial charge in [-0.25, -0.2) is 4.98 Å². The zero-order valence-electron chi connectivity index (χ0n) is 12.4. The molecule has 2 heterocycles. The van der Waals surface area contributed by atoms with Crippen molar-refractivity contribution in [3.05, 3.63) is 41.8 Å². The average Bonchev–Trinajstić information content (AvgIpc) is 2.98. The highest BCUT2D eigenvalue weighted by Gasteiger charge is 2.17. The predicted octanol–water partition coefficient (Wildman–Crippen LogP) is 3.26. The second-order valence-electron chi connectivity index (χ2n) is 5.05. The number of hydrogen-bond donors (Lipinski definition) is 1. The summed E-state index contributed by atoms with van der Waals surface area (Å²) in [5, 5.41) is 8.36. The first-order valence-corrected chi connectivity index (χ1v) is 7.10. The molecule has 0 aliphatic carbocycles. The van der Waals surface area contributed by atoms with Crippen LogP contribution in [0.3, 0.4) is 0 Å². The molecule has 21 heavy (non-hydrogen) atoms. The lowest BCUT2D eigenvalue weighted by atomic mass is 10.1. The van der Waals surface area contributed by atoms with Crippen molar-refractivity contribution in [2.75, 3.05) is 7.05 Å². The van der Waals surface area contributed by atoms with E-state index in [1.165, 1.54) is 0 Å². The standard InChI is InChI=1S/C16H18N4O/c1-4-12(17-3)16-19-15(20-21-16)14-9-10(2)11-7-5-6-8-13(11)18-14/h5-9,12,17H,4H2,1-3H3. The molecule has 0 bridgehead atoms. The predicted molar refractivity (Wildman–Crippen MR) is 81.9 cm³/mol. The highest BCUT2D eigenvalue weighted by atomic mass is 16.5. The minimum Gasteiger partial charge on any atom is -0.337 e. The lowest BCUT2D eigenvalue weighted by Crippen LogP contribution is -2.15. The molecule has 2 aromatic heterocycles. The van der Waals surface area contributed by atoms with Gasteiger partial charge in [-0.15, -0.1) is 0 Å². The Morgan fingerprint density at radius 2 is 2.05 bits per heavy atom. The maximum atomic E-state index is 5.35. The van der Waals surface area contributed by atoms with E-state index >= 15 is 0 Å². The molecule has 3 aromatic rings. The van der Waals surface area contributed by atoms with Crippen LogP contribution in [0, 0.1) is 6.92 Å². The van der Waals surface area contributed by atoms with Crippen LogP contribution in [0.2, 0.25) is 0 Å². The van der Waals surface area contributed by atoms with Crippen LogP contribution in [0.15, 0.2) is 34.9 Å². The van der Waals surface area contributed by atoms with E-state index < -0.39 is 0 Å². The van der Waals surface area contributed by atoms with Gasteiger partial charge < -0.3 is 9.84 Å². The number of aromatic nitrogens is 3. The molecule has 0 amide bonds. The topological polar surface area (TPSA) is 63.8 Å². The van der Waals surface area contributed by atoms with Gasteiger partial charge in [-0.3, -0.25) is 0 Å². The van der Waals surface area contributed by atoms with Crippen LogP contribution in [0.5, 0.6) is 0 Å². The second-order valence-corrected chi connectivity index (χ2v) is 5.05. The summed E-state index contributed by atoms with van der Waals surface area (Å²) in [6.07, 6.45) is 0.891. The summed E-state index contributed by atoms with van der Waals surface area (Å²) in [6, 6.07) is 10.1. The first kappa shape index (κ1) is 13.7. The van der Waals surface area contributed by atoms with Gasteiger partial charge in [0.2, 0.25) is 11.7 Å². The molecule has 0 aliphatic rings. The van der Waals surface area contributed by atoms with Crippen LogP contribution >= 0.6 is 0 Å². The van der Waals surface area contributed by atoms with E-state index in [2.05, 4.69) is 40.4 Å². The zero-order valence-corrected chi connectivity index (χ0v) is 12.4. The van der Waals surface area contributed by atoms with Crippen molar-refractivity contribution in [2.24, 2.45) is 0 Å². The smallest absolute Gasteiger partial charge is 0.244 e. The van der Waals surface area contributed by atoms with Gasteiger partial charge in [0.05, 0.1) is 11.6 Å². The number of pyridine rings is 1. The van der Waals surface area contributed by atoms with Crippen molar-refractivity contribution in [2.45, 2.75) is 26.3 Å². The third kappa shape index (κ3) is 2.52. The first-order chi connectivity index (χ1) is 10.2. The summed E-state index contributed by atoms with van der Waals surface area (Å²) >= 11 is 0. The van der Waals surface area contributed by atoms with E-state index in [-0.39, 0.29) is 6.04 Å². The zero-order chi connectivity index (χ0) is 14.8. The Balaban J connectivity index is 2.04. The van der Waals surface area contributed by atoms with Crippen molar-refractivity contribution in [3.8, 4) is 11.5 Å². The minimum absolute atomic E-state index is 0.0767. The highest BCUT2D eigenvalue weighted by Crippen LogP contribution is 2.24. The van der Waals surface area contributed by atoms with Crippen molar-refractivity contribution >= 4 is 10.9 Å². The molecule has 108 valence electrons. The van der Waals surface area contributed by atoms with Gasteiger partial charge in [-0.2, -0.15) is 4.98 Å². The van der Waals surface area contributed by atoms with E-state index in [1.807, 2.05) is 31.3 Å². The fourth-order valence-electron chi connectivity index (χ4n) is 2.45. The Labute approximate surface area is 123 Å². The fraction of sp³-hybridized carbons (Fsp3) is 0.312. The number of fused-ring (bicyclic) bond motifs is 1. The summed E-state index contributed by atoms with van der Waals surface area (Å²) < 4.78 is 5.35. The van der Waals surface area contributed by atoms with Gasteiger partial charge in [0.15, 0.2) is 0 Å². The Kier molecular flexibility index (Phi) is 3.66. The number of nitrogens with one attached hydrogen (secondary N) is 1. The molecule has 1 N–H and O–H groups in total. The van der Waals surface area contributed by atoms with Gasteiger partial charge >= 0.3 is 0 Å². The Bertz CT molecular complexity index is 762. The van der Waals surface area contributed by atoms with Gasteiger partial charge in [0.25, 0.3) is 0 Å². The van der Waals surface area contributed by atoms with E-state index in [4.69, 9.17) is 4.52 Å². The first-order valence-electron chi connectivity index (χ1n) is 7.10. The lowest BCUT2D eigenvalue weighted by molar-refractivity contribution is 0.334. The second kappa shape index (κ2) is 5.61. The van der Waals surface area contributed by atoms with Crippen molar-refractivity contribution in [1.29, 1.82) is 0 Å². The molecule has 0 saturated heterocycles. The summed E-state index contributed by atoms with van der Waals surface area (Å²) in [6.45, 7) is 4.14. The molecule has 1 aromatic carbocycles. The Hall–Kier alpha value is -2.27. The molecule has 3 rings (SSSR count). The Morgan fingerprint density at radius 1 is 1.24 bits per heavy atom. The molecular formula is C16H18N4O. The number of hydrogen-bond acceptors (Lipinski definition) is 5. The molecule has 0 saturated carbocycles. The third-order valence-electron chi connectivity index (χ3n) is 3.65. The highest BCUT2D eigenvalue weighted by molar-refractivity contribution is 5.84. The molecule has 1 unspecified atom stereocenters. The Morgan fingerprint density at radius 3 is 2.81 bits per heavy atom. The van der Waals surface area contributed by atoms with Crippen molar-refractivity contribution in [1.82, 2.24) is 20.4 Å². The van der Waals surface area contributed by atoms with Crippen LogP contribution < -0.4 is 5.32 Å². The summed E-state index contributed by atoms with van der Waals surface area (Å²) in [5.74, 6) is 1.13. The summed E-state index contributed by atoms with van der Waals surface area (Å²) in [4.78, 5) is 9.09. The number of aryl methyl sites for hydroxylation is 1. The molecule has 0 spiro atoms. The molecule has 0 radical (unpaired) electrons. The molecular weight excluding hydrogens is 264 g/mol. The largest absolute Gasteiger partial charge is 0.337 e. The maximum absolute atomic E-state index is 5.35. The normalized spacial score (nSPS) is 12.7. The summed E-state index contributed by atoms with van der Waals surface area (Å²) in [7, 11) is 1.89. The van der Waals surface area contributed by atoms with Crippen molar-refractivity contribution < 1.29 is 4.52 Å². The molecule has 5 nitrogen and oxygen atoms in total. The van der Waals surface area contributed by atoms with Crippen molar-refractivity contribution in [3.63, 3.8) is 0 Å². The van der Waals surface area contributed by atoms with Crippen LogP contribution in [0.4, 0.5) is 0 Å². The lowest BCUT2D eigenvalue weighted by Gasteiger charge is -2.06. The molecule has 0 aliphatic heterocycles. The molecule has 0 fully saturated rings.